The van der Waals surface area contributed by atoms with Crippen molar-refractivity contribution in [1.82, 2.24) is 0 Å². The lowest BCUT2D eigenvalue weighted by Gasteiger charge is -2.51. The van der Waals surface area contributed by atoms with Crippen LogP contribution in [0.25, 0.3) is 0 Å². The fraction of sp³-hybridized carbons (Fsp3) is 0.548. The van der Waals surface area contributed by atoms with Gasteiger partial charge in [0.15, 0.2) is 0 Å². The maximum atomic E-state index is 11.5. The Bertz CT molecular complexity index is 1510. The molecule has 4 saturated heterocycles. The number of hydrogen-bond donors (Lipinski definition) is 0. The van der Waals surface area contributed by atoms with Crippen molar-refractivity contribution in [2.24, 2.45) is 16.2 Å². The largest absolute Gasteiger partial charge is 0.269 e. The normalized spacial score (nSPS) is 36.9. The summed E-state index contributed by atoms with van der Waals surface area (Å²) in [7, 11) is -1.42. The quantitative estimate of drug-likeness (QED) is 0.153. The van der Waals surface area contributed by atoms with Crippen molar-refractivity contribution in [3.05, 3.63) is 79.9 Å². The van der Waals surface area contributed by atoms with Gasteiger partial charge in [-0.05, 0) is 41.9 Å². The first-order chi connectivity index (χ1) is 18.4. The van der Waals surface area contributed by atoms with E-state index in [4.69, 9.17) is 0 Å². The summed E-state index contributed by atoms with van der Waals surface area (Å²) >= 11 is 0. The number of nitro benzene ring substituents is 2. The van der Waals surface area contributed by atoms with E-state index in [9.17, 15) is 20.2 Å². The molecule has 8 atom stereocenters. The molecule has 9 heteroatoms. The Morgan fingerprint density at radius 2 is 1.27 bits per heavy atom. The topological polar surface area (TPSA) is 86.3 Å². The van der Waals surface area contributed by atoms with E-state index in [1.165, 1.54) is 5.56 Å². The molecule has 2 aromatic carbocycles. The lowest BCUT2D eigenvalue weighted by molar-refractivity contribution is -0.385. The third-order valence-corrected chi connectivity index (χ3v) is 26.2. The summed E-state index contributed by atoms with van der Waals surface area (Å²) in [5.74, 6) is 3.54. The molecule has 0 amide bonds. The van der Waals surface area contributed by atoms with E-state index in [1.54, 1.807) is 36.4 Å². The van der Waals surface area contributed by atoms with Gasteiger partial charge in [0, 0.05) is 55.8 Å². The zero-order valence-corrected chi connectivity index (χ0v) is 27.3. The van der Waals surface area contributed by atoms with Crippen LogP contribution in [0.2, 0.25) is 0 Å². The predicted octanol–water partition coefficient (Wildman–Crippen LogP) is 9.43. The van der Waals surface area contributed by atoms with Gasteiger partial charge in [-0.25, -0.2) is 0 Å². The van der Waals surface area contributed by atoms with Gasteiger partial charge in [-0.1, -0.05) is 102 Å². The Hall–Kier alpha value is -1.91. The minimum Gasteiger partial charge on any atom is -0.258 e. The second-order valence-corrected chi connectivity index (χ2v) is 23.3. The van der Waals surface area contributed by atoms with Crippen LogP contribution < -0.4 is 0 Å². The number of benzene rings is 2. The zero-order valence-electron chi connectivity index (χ0n) is 24.6. The Kier molecular flexibility index (Phi) is 5.74. The van der Waals surface area contributed by atoms with E-state index in [1.807, 2.05) is 0 Å². The molecule has 40 heavy (non-hydrogen) atoms. The lowest BCUT2D eigenvalue weighted by atomic mass is 9.76. The molecular formula is C31H37N2O4P3. The molecule has 6 rings (SSSR count). The number of non-ortho nitro benzene ring substituents is 2. The highest BCUT2D eigenvalue weighted by molar-refractivity contribution is 8.09. The summed E-state index contributed by atoms with van der Waals surface area (Å²) in [6.07, 6.45) is 0. The van der Waals surface area contributed by atoms with Gasteiger partial charge < -0.3 is 0 Å². The molecule has 4 unspecified atom stereocenters. The average Bonchev–Trinajstić information content (AvgIpc) is 3.65. The van der Waals surface area contributed by atoms with Crippen molar-refractivity contribution in [1.29, 1.82) is 0 Å². The van der Waals surface area contributed by atoms with Crippen LogP contribution >= 0.6 is 23.8 Å². The highest BCUT2D eigenvalue weighted by Gasteiger charge is 3.08. The van der Waals surface area contributed by atoms with Crippen LogP contribution in [0.4, 0.5) is 11.4 Å². The van der Waals surface area contributed by atoms with Crippen LogP contribution in [-0.4, -0.2) is 30.7 Å². The van der Waals surface area contributed by atoms with Gasteiger partial charge in [0.1, 0.15) is 0 Å². The van der Waals surface area contributed by atoms with Crippen LogP contribution in [0, 0.1) is 48.1 Å². The summed E-state index contributed by atoms with van der Waals surface area (Å²) in [4.78, 5) is 22.3. The molecule has 0 spiro atoms. The molecule has 0 aromatic heterocycles. The molecule has 6 nitrogen and oxygen atoms in total. The van der Waals surface area contributed by atoms with Gasteiger partial charge in [-0.2, -0.15) is 0 Å². The van der Waals surface area contributed by atoms with E-state index in [0.717, 1.165) is 5.56 Å². The van der Waals surface area contributed by atoms with Crippen molar-refractivity contribution >= 4 is 35.1 Å². The number of rotatable bonds is 3. The standard InChI is InChI=1S/C31H37N2O4P3/c1-26(2,3)25-39-24-29(21-12-16-23(17-13-21)33(36)37)31(40(25)29,28(7,8)9)38(30(24,39)27(4,5)6)19-18-20-10-14-22(15-11-20)32(34)35/h10-17,24-25H,1-9H3/t24-,25?,29+,30-,31-,38?,39?,40?/m1/s1. The molecule has 0 saturated carbocycles. The first-order valence-electron chi connectivity index (χ1n) is 13.8. The van der Waals surface area contributed by atoms with Gasteiger partial charge in [-0.3, -0.25) is 20.2 Å². The Balaban J connectivity index is 1.60. The summed E-state index contributed by atoms with van der Waals surface area (Å²) in [5, 5.41) is 23.5. The number of hydrogen-bond acceptors (Lipinski definition) is 4. The van der Waals surface area contributed by atoms with E-state index >= 15 is 0 Å². The van der Waals surface area contributed by atoms with Crippen molar-refractivity contribution in [3.63, 3.8) is 0 Å². The van der Waals surface area contributed by atoms with Crippen LogP contribution in [0.3, 0.4) is 0 Å². The highest BCUT2D eigenvalue weighted by Crippen LogP contribution is 3.28. The number of fused-ring (bicyclic) bond motifs is 2. The molecule has 4 fully saturated rings. The van der Waals surface area contributed by atoms with Crippen LogP contribution in [0.1, 0.15) is 73.4 Å². The second-order valence-electron chi connectivity index (χ2n) is 14.8. The van der Waals surface area contributed by atoms with Gasteiger partial charge in [0.25, 0.3) is 11.4 Å². The van der Waals surface area contributed by atoms with Gasteiger partial charge in [0.05, 0.1) is 9.85 Å². The minimum absolute atomic E-state index is 0.00688. The third kappa shape index (κ3) is 3.08. The second kappa shape index (κ2) is 8.13. The predicted molar refractivity (Wildman–Crippen MR) is 167 cm³/mol. The smallest absolute Gasteiger partial charge is 0.258 e. The molecule has 0 aliphatic carbocycles. The molecule has 4 heterocycles. The monoisotopic (exact) mass is 594 g/mol. The van der Waals surface area contributed by atoms with E-state index in [2.05, 4.69) is 86.0 Å². The molecular weight excluding hydrogens is 557 g/mol. The maximum Gasteiger partial charge on any atom is 0.269 e. The molecule has 210 valence electrons. The number of nitrogens with zero attached hydrogens (tertiary/aromatic N) is 2. The van der Waals surface area contributed by atoms with Crippen LogP contribution in [0.5, 0.6) is 0 Å². The summed E-state index contributed by atoms with van der Waals surface area (Å²) < 4.78 is 0. The van der Waals surface area contributed by atoms with Gasteiger partial charge in [0.2, 0.25) is 0 Å². The Morgan fingerprint density at radius 3 is 1.70 bits per heavy atom. The van der Waals surface area contributed by atoms with E-state index in [0.29, 0.717) is 11.1 Å². The fourth-order valence-electron chi connectivity index (χ4n) is 8.58. The van der Waals surface area contributed by atoms with Gasteiger partial charge >= 0.3 is 0 Å². The molecule has 4 aliphatic rings. The lowest BCUT2D eigenvalue weighted by Crippen LogP contribution is -2.39. The van der Waals surface area contributed by atoms with Crippen molar-refractivity contribution in [2.75, 3.05) is 0 Å². The zero-order chi connectivity index (χ0) is 29.4. The maximum absolute atomic E-state index is 11.5. The molecule has 4 aliphatic heterocycles. The highest BCUT2D eigenvalue weighted by atomic mass is 31.2. The van der Waals surface area contributed by atoms with Crippen molar-refractivity contribution in [3.8, 4) is 11.6 Å². The Labute approximate surface area is 240 Å². The number of nitro groups is 2. The average molecular weight is 595 g/mol. The SMILES string of the molecule is CC(C)(C)C1P2[C@H]3[C@@]2(C(C)(C)C)P(C#Cc2ccc([N+](=O)[O-])cc2)[C@]2(C(C)(C)C)P1[C@@]32c1ccc([N+](=O)[O-])cc1. The fourth-order valence-corrected chi connectivity index (χ4v) is 31.6. The minimum atomic E-state index is -0.735. The molecule has 2 aromatic rings. The van der Waals surface area contributed by atoms with E-state index in [-0.39, 0.29) is 60.3 Å². The van der Waals surface area contributed by atoms with Crippen molar-refractivity contribution < 1.29 is 9.85 Å². The first-order valence-corrected chi connectivity index (χ1v) is 18.0. The molecule has 0 N–H and O–H groups in total. The summed E-state index contributed by atoms with van der Waals surface area (Å²) in [6.45, 7) is 21.8. The summed E-state index contributed by atoms with van der Waals surface area (Å²) in [5.41, 5.74) is 7.16. The first kappa shape index (κ1) is 28.2. The van der Waals surface area contributed by atoms with Crippen molar-refractivity contribution in [2.45, 2.75) is 88.3 Å². The van der Waals surface area contributed by atoms with E-state index < -0.39 is 15.8 Å². The van der Waals surface area contributed by atoms with Gasteiger partial charge in [-0.15, -0.1) is 0 Å². The van der Waals surface area contributed by atoms with Crippen LogP contribution in [0.15, 0.2) is 48.5 Å². The Morgan fingerprint density at radius 1 is 0.775 bits per heavy atom. The third-order valence-electron chi connectivity index (χ3n) is 9.60. The molecule has 0 radical (unpaired) electrons. The summed E-state index contributed by atoms with van der Waals surface area (Å²) in [6, 6.07) is 14.2. The molecule has 0 bridgehead atoms. The van der Waals surface area contributed by atoms with Crippen LogP contribution in [-0.2, 0) is 5.16 Å².